The Labute approximate surface area is 144 Å². The van der Waals surface area contributed by atoms with E-state index in [9.17, 15) is 0 Å². The average molecular weight is 322 g/mol. The number of hydrogen-bond acceptors (Lipinski definition) is 2. The third-order valence-electron chi connectivity index (χ3n) is 4.45. The number of nitrogens with zero attached hydrogens (tertiary/aromatic N) is 3. The zero-order valence-corrected chi connectivity index (χ0v) is 14.4. The first-order valence-corrected chi connectivity index (χ1v) is 8.66. The van der Waals surface area contributed by atoms with Gasteiger partial charge in [0.15, 0.2) is 5.96 Å². The molecule has 1 heterocycles. The van der Waals surface area contributed by atoms with E-state index in [1.54, 1.807) is 0 Å². The number of piperazine rings is 1. The summed E-state index contributed by atoms with van der Waals surface area (Å²) in [6.07, 6.45) is 1.02. The van der Waals surface area contributed by atoms with Crippen molar-refractivity contribution < 1.29 is 0 Å². The Morgan fingerprint density at radius 2 is 1.54 bits per heavy atom. The third-order valence-corrected chi connectivity index (χ3v) is 4.45. The van der Waals surface area contributed by atoms with Crippen LogP contribution in [0.4, 0.5) is 5.69 Å². The van der Waals surface area contributed by atoms with Crippen molar-refractivity contribution in [2.24, 2.45) is 4.99 Å². The van der Waals surface area contributed by atoms with Gasteiger partial charge in [-0.25, -0.2) is 0 Å². The minimum absolute atomic E-state index is 0.912. The zero-order valence-electron chi connectivity index (χ0n) is 14.4. The molecule has 2 aromatic rings. The summed E-state index contributed by atoms with van der Waals surface area (Å²) in [6.45, 7) is 4.97. The molecule has 0 amide bonds. The third kappa shape index (κ3) is 4.28. The Bertz CT molecular complexity index is 631. The van der Waals surface area contributed by atoms with Gasteiger partial charge in [-0.2, -0.15) is 0 Å². The Kier molecular flexibility index (Phi) is 5.72. The molecule has 0 bridgehead atoms. The molecule has 0 spiro atoms. The topological polar surface area (TPSA) is 30.9 Å². The summed E-state index contributed by atoms with van der Waals surface area (Å²) in [4.78, 5) is 9.24. The Morgan fingerprint density at radius 1 is 0.917 bits per heavy atom. The van der Waals surface area contributed by atoms with E-state index in [1.165, 1.54) is 11.3 Å². The highest BCUT2D eigenvalue weighted by molar-refractivity contribution is 5.80. The van der Waals surface area contributed by atoms with E-state index >= 15 is 0 Å². The lowest BCUT2D eigenvalue weighted by Gasteiger charge is -2.37. The quantitative estimate of drug-likeness (QED) is 0.693. The zero-order chi connectivity index (χ0) is 16.6. The van der Waals surface area contributed by atoms with Gasteiger partial charge in [-0.15, -0.1) is 0 Å². The van der Waals surface area contributed by atoms with Gasteiger partial charge in [0.2, 0.25) is 0 Å². The lowest BCUT2D eigenvalue weighted by Crippen LogP contribution is -2.52. The largest absolute Gasteiger partial charge is 0.368 e. The van der Waals surface area contributed by atoms with Crippen LogP contribution in [0.15, 0.2) is 65.7 Å². The molecular weight excluding hydrogens is 296 g/mol. The highest BCUT2D eigenvalue weighted by Crippen LogP contribution is 2.15. The Balaban J connectivity index is 1.47. The molecule has 0 atom stereocenters. The monoisotopic (exact) mass is 322 g/mol. The van der Waals surface area contributed by atoms with Gasteiger partial charge in [-0.1, -0.05) is 48.5 Å². The van der Waals surface area contributed by atoms with Gasteiger partial charge in [-0.05, 0) is 24.1 Å². The van der Waals surface area contributed by atoms with Gasteiger partial charge in [-0.3, -0.25) is 4.99 Å². The molecule has 1 aliphatic rings. The highest BCUT2D eigenvalue weighted by Gasteiger charge is 2.19. The Morgan fingerprint density at radius 3 is 2.17 bits per heavy atom. The molecular formula is C20H26N4. The summed E-state index contributed by atoms with van der Waals surface area (Å²) < 4.78 is 0. The lowest BCUT2D eigenvalue weighted by molar-refractivity contribution is 0.373. The van der Waals surface area contributed by atoms with Gasteiger partial charge in [0.25, 0.3) is 0 Å². The predicted molar refractivity (Wildman–Crippen MR) is 102 cm³/mol. The molecule has 2 aromatic carbocycles. The number of para-hydroxylation sites is 1. The second-order valence-electron chi connectivity index (χ2n) is 6.02. The summed E-state index contributed by atoms with van der Waals surface area (Å²) in [5.41, 5.74) is 2.67. The summed E-state index contributed by atoms with van der Waals surface area (Å²) in [6, 6.07) is 21.2. The Hall–Kier alpha value is -2.49. The molecule has 1 saturated heterocycles. The number of aliphatic imine (C=N–C) groups is 1. The van der Waals surface area contributed by atoms with E-state index in [0.29, 0.717) is 0 Å². The first kappa shape index (κ1) is 16.4. The van der Waals surface area contributed by atoms with Crippen molar-refractivity contribution in [1.82, 2.24) is 10.2 Å². The molecule has 0 unspecified atom stereocenters. The van der Waals surface area contributed by atoms with E-state index in [0.717, 1.165) is 45.1 Å². The fourth-order valence-corrected chi connectivity index (χ4v) is 3.11. The van der Waals surface area contributed by atoms with Gasteiger partial charge >= 0.3 is 0 Å². The van der Waals surface area contributed by atoms with Crippen molar-refractivity contribution in [1.29, 1.82) is 0 Å². The minimum Gasteiger partial charge on any atom is -0.368 e. The second-order valence-corrected chi connectivity index (χ2v) is 6.02. The first-order valence-electron chi connectivity index (χ1n) is 8.66. The molecule has 4 nitrogen and oxygen atoms in total. The van der Waals surface area contributed by atoms with Crippen molar-refractivity contribution >= 4 is 11.6 Å². The fraction of sp³-hybridized carbons (Fsp3) is 0.350. The predicted octanol–water partition coefficient (Wildman–Crippen LogP) is 2.63. The van der Waals surface area contributed by atoms with Crippen molar-refractivity contribution in [2.45, 2.75) is 6.42 Å². The van der Waals surface area contributed by atoms with Crippen molar-refractivity contribution in [2.75, 3.05) is 44.7 Å². The van der Waals surface area contributed by atoms with E-state index < -0.39 is 0 Å². The molecule has 0 saturated carbocycles. The number of nitrogens with one attached hydrogen (secondary N) is 1. The van der Waals surface area contributed by atoms with Crippen LogP contribution in [-0.4, -0.2) is 50.6 Å². The number of benzene rings is 2. The van der Waals surface area contributed by atoms with Crippen LogP contribution in [0.2, 0.25) is 0 Å². The number of rotatable bonds is 4. The maximum absolute atomic E-state index is 4.45. The van der Waals surface area contributed by atoms with E-state index in [4.69, 9.17) is 0 Å². The van der Waals surface area contributed by atoms with Crippen LogP contribution >= 0.6 is 0 Å². The molecule has 0 aliphatic carbocycles. The molecule has 1 aliphatic heterocycles. The smallest absolute Gasteiger partial charge is 0.193 e. The van der Waals surface area contributed by atoms with E-state index in [1.807, 2.05) is 7.05 Å². The van der Waals surface area contributed by atoms with Crippen LogP contribution in [-0.2, 0) is 6.42 Å². The average Bonchev–Trinajstić information content (AvgIpc) is 2.67. The maximum atomic E-state index is 4.45. The van der Waals surface area contributed by atoms with E-state index in [-0.39, 0.29) is 0 Å². The number of hydrogen-bond donors (Lipinski definition) is 1. The summed E-state index contributed by atoms with van der Waals surface area (Å²) >= 11 is 0. The van der Waals surface area contributed by atoms with Gasteiger partial charge in [0.1, 0.15) is 0 Å². The fourth-order valence-electron chi connectivity index (χ4n) is 3.11. The van der Waals surface area contributed by atoms with Crippen LogP contribution in [0, 0.1) is 0 Å². The van der Waals surface area contributed by atoms with Crippen molar-refractivity contribution in [3.63, 3.8) is 0 Å². The maximum Gasteiger partial charge on any atom is 0.193 e. The van der Waals surface area contributed by atoms with Gasteiger partial charge in [0, 0.05) is 45.5 Å². The normalized spacial score (nSPS) is 15.5. The minimum atomic E-state index is 0.912. The molecule has 4 heteroatoms. The van der Waals surface area contributed by atoms with Crippen LogP contribution in [0.1, 0.15) is 5.56 Å². The standard InChI is InChI=1S/C20H26N4/c1-21-20(22-13-12-18-8-4-2-5-9-18)24-16-14-23(15-17-24)19-10-6-3-7-11-19/h2-11H,12-17H2,1H3,(H,21,22). The van der Waals surface area contributed by atoms with Crippen molar-refractivity contribution in [3.05, 3.63) is 66.2 Å². The number of anilines is 1. The molecule has 0 aromatic heterocycles. The molecule has 3 rings (SSSR count). The molecule has 1 fully saturated rings. The molecule has 24 heavy (non-hydrogen) atoms. The van der Waals surface area contributed by atoms with E-state index in [2.05, 4.69) is 80.8 Å². The second kappa shape index (κ2) is 8.39. The van der Waals surface area contributed by atoms with Gasteiger partial charge in [0.05, 0.1) is 0 Å². The summed E-state index contributed by atoms with van der Waals surface area (Å²) in [5, 5.41) is 3.50. The SMILES string of the molecule is CN=C(NCCc1ccccc1)N1CCN(c2ccccc2)CC1. The van der Waals surface area contributed by atoms with Crippen molar-refractivity contribution in [3.8, 4) is 0 Å². The summed E-state index contributed by atoms with van der Waals surface area (Å²) in [5.74, 6) is 1.01. The molecule has 126 valence electrons. The summed E-state index contributed by atoms with van der Waals surface area (Å²) in [7, 11) is 1.87. The van der Waals surface area contributed by atoms with Gasteiger partial charge < -0.3 is 15.1 Å². The van der Waals surface area contributed by atoms with Crippen LogP contribution in [0.5, 0.6) is 0 Å². The van der Waals surface area contributed by atoms with Crippen LogP contribution in [0.25, 0.3) is 0 Å². The van der Waals surface area contributed by atoms with Crippen LogP contribution < -0.4 is 10.2 Å². The lowest BCUT2D eigenvalue weighted by atomic mass is 10.1. The first-order chi connectivity index (χ1) is 11.9. The molecule has 0 radical (unpaired) electrons. The van der Waals surface area contributed by atoms with Crippen LogP contribution in [0.3, 0.4) is 0 Å². The molecule has 1 N–H and O–H groups in total. The highest BCUT2D eigenvalue weighted by atomic mass is 15.3. The number of guanidine groups is 1.